The van der Waals surface area contributed by atoms with Crippen LogP contribution in [0.25, 0.3) is 0 Å². The average Bonchev–Trinajstić information content (AvgIpc) is 2.41. The molecule has 5 nitrogen and oxygen atoms in total. The number of ether oxygens (including phenoxy) is 1. The van der Waals surface area contributed by atoms with Crippen LogP contribution in [-0.4, -0.2) is 36.9 Å². The molecule has 0 aromatic heterocycles. The van der Waals surface area contributed by atoms with E-state index in [1.54, 1.807) is 12.1 Å². The van der Waals surface area contributed by atoms with Crippen LogP contribution in [0.15, 0.2) is 23.2 Å². The van der Waals surface area contributed by atoms with Crippen LogP contribution < -0.4 is 10.6 Å². The van der Waals surface area contributed by atoms with Gasteiger partial charge in [-0.05, 0) is 57.9 Å². The monoisotopic (exact) mass is 293 g/mol. The number of benzene rings is 1. The summed E-state index contributed by atoms with van der Waals surface area (Å²) in [7, 11) is 0. The second kappa shape index (κ2) is 9.23. The molecule has 1 aromatic rings. The van der Waals surface area contributed by atoms with Crippen LogP contribution in [0.5, 0.6) is 5.75 Å². The molecule has 1 aromatic carbocycles. The normalized spacial score (nSPS) is 11.8. The maximum Gasteiger partial charge on any atom is 0.196 e. The summed E-state index contributed by atoms with van der Waals surface area (Å²) >= 11 is 0. The van der Waals surface area contributed by atoms with Crippen LogP contribution in [0.4, 0.5) is 5.69 Å². The molecule has 0 spiro atoms. The first kappa shape index (κ1) is 17.3. The number of phenolic OH excluding ortho intramolecular Hbond substituents is 1. The zero-order valence-corrected chi connectivity index (χ0v) is 13.4. The van der Waals surface area contributed by atoms with E-state index in [2.05, 4.69) is 29.5 Å². The van der Waals surface area contributed by atoms with Crippen molar-refractivity contribution in [3.63, 3.8) is 0 Å². The average molecular weight is 293 g/mol. The Bertz CT molecular complexity index is 459. The van der Waals surface area contributed by atoms with Crippen molar-refractivity contribution in [2.75, 3.05) is 25.1 Å². The Balaban J connectivity index is 2.66. The molecule has 21 heavy (non-hydrogen) atoms. The van der Waals surface area contributed by atoms with E-state index in [9.17, 15) is 5.11 Å². The molecule has 0 radical (unpaired) electrons. The van der Waals surface area contributed by atoms with Crippen LogP contribution in [0.2, 0.25) is 0 Å². The van der Waals surface area contributed by atoms with Gasteiger partial charge in [-0.25, -0.2) is 0 Å². The van der Waals surface area contributed by atoms with E-state index in [0.717, 1.165) is 36.8 Å². The van der Waals surface area contributed by atoms with Gasteiger partial charge in [-0.15, -0.1) is 0 Å². The first-order valence-electron chi connectivity index (χ1n) is 7.48. The lowest BCUT2D eigenvalue weighted by Crippen LogP contribution is -2.36. The summed E-state index contributed by atoms with van der Waals surface area (Å²) in [5, 5.41) is 16.0. The number of guanidine groups is 1. The Morgan fingerprint density at radius 2 is 2.14 bits per heavy atom. The van der Waals surface area contributed by atoms with Crippen molar-refractivity contribution in [3.05, 3.63) is 23.8 Å². The van der Waals surface area contributed by atoms with E-state index in [1.807, 2.05) is 19.9 Å². The molecule has 0 aliphatic carbocycles. The van der Waals surface area contributed by atoms with Gasteiger partial charge in [0.05, 0.1) is 0 Å². The van der Waals surface area contributed by atoms with Gasteiger partial charge in [0.1, 0.15) is 5.75 Å². The molecular formula is C16H27N3O2. The van der Waals surface area contributed by atoms with Crippen LogP contribution in [-0.2, 0) is 4.74 Å². The predicted molar refractivity (Wildman–Crippen MR) is 88.2 cm³/mol. The standard InChI is InChI=1S/C16H27N3O2/c1-5-21-10-6-9-17-16(18-12(2)3)19-15-8-7-14(20)11-13(15)4/h7-8,11-12,20H,5-6,9-10H2,1-4H3,(H2,17,18,19). The molecule has 0 atom stereocenters. The minimum Gasteiger partial charge on any atom is -0.508 e. The third-order valence-electron chi connectivity index (χ3n) is 2.81. The molecule has 0 aliphatic heterocycles. The number of nitrogens with zero attached hydrogens (tertiary/aromatic N) is 1. The highest BCUT2D eigenvalue weighted by atomic mass is 16.5. The molecule has 118 valence electrons. The first-order chi connectivity index (χ1) is 10.0. The molecule has 0 saturated carbocycles. The minimum absolute atomic E-state index is 0.269. The molecular weight excluding hydrogens is 266 g/mol. The Labute approximate surface area is 127 Å². The molecule has 0 aliphatic rings. The van der Waals surface area contributed by atoms with Gasteiger partial charge in [0.25, 0.3) is 0 Å². The van der Waals surface area contributed by atoms with Crippen LogP contribution in [0, 0.1) is 6.92 Å². The first-order valence-corrected chi connectivity index (χ1v) is 7.48. The Morgan fingerprint density at radius 3 is 2.76 bits per heavy atom. The van der Waals surface area contributed by atoms with Gasteiger partial charge in [-0.3, -0.25) is 4.99 Å². The molecule has 0 heterocycles. The third kappa shape index (κ3) is 6.99. The summed E-state index contributed by atoms with van der Waals surface area (Å²) in [6.45, 7) is 10.3. The predicted octanol–water partition coefficient (Wildman–Crippen LogP) is 2.89. The van der Waals surface area contributed by atoms with Crippen LogP contribution in [0.3, 0.4) is 0 Å². The molecule has 0 amide bonds. The molecule has 1 rings (SSSR count). The number of aliphatic imine (C=N–C) groups is 1. The quantitative estimate of drug-likeness (QED) is 0.313. The second-order valence-corrected chi connectivity index (χ2v) is 5.20. The zero-order valence-electron chi connectivity index (χ0n) is 13.4. The topological polar surface area (TPSA) is 65.9 Å². The molecule has 5 heteroatoms. The Hall–Kier alpha value is -1.75. The lowest BCUT2D eigenvalue weighted by Gasteiger charge is -2.16. The van der Waals surface area contributed by atoms with Crippen molar-refractivity contribution < 1.29 is 9.84 Å². The number of hydrogen-bond donors (Lipinski definition) is 3. The van der Waals surface area contributed by atoms with E-state index in [-0.39, 0.29) is 5.75 Å². The Morgan fingerprint density at radius 1 is 1.38 bits per heavy atom. The lowest BCUT2D eigenvalue weighted by molar-refractivity contribution is 0.146. The fraction of sp³-hybridized carbons (Fsp3) is 0.562. The number of nitrogens with one attached hydrogen (secondary N) is 2. The largest absolute Gasteiger partial charge is 0.508 e. The van der Waals surface area contributed by atoms with Gasteiger partial charge >= 0.3 is 0 Å². The third-order valence-corrected chi connectivity index (χ3v) is 2.81. The van der Waals surface area contributed by atoms with Crippen molar-refractivity contribution >= 4 is 11.6 Å². The molecule has 0 saturated heterocycles. The Kier molecular flexibility index (Phi) is 7.61. The van der Waals surface area contributed by atoms with Crippen molar-refractivity contribution in [1.29, 1.82) is 0 Å². The van der Waals surface area contributed by atoms with Gasteiger partial charge in [-0.1, -0.05) is 0 Å². The van der Waals surface area contributed by atoms with Gasteiger partial charge in [0, 0.05) is 31.5 Å². The number of anilines is 1. The van der Waals surface area contributed by atoms with Crippen molar-refractivity contribution in [2.24, 2.45) is 4.99 Å². The highest BCUT2D eigenvalue weighted by Gasteiger charge is 2.05. The summed E-state index contributed by atoms with van der Waals surface area (Å²) in [5.74, 6) is 1.01. The van der Waals surface area contributed by atoms with Crippen molar-refractivity contribution in [1.82, 2.24) is 5.32 Å². The summed E-state index contributed by atoms with van der Waals surface area (Å²) in [5.41, 5.74) is 1.91. The highest BCUT2D eigenvalue weighted by molar-refractivity contribution is 5.94. The molecule has 0 unspecified atom stereocenters. The van der Waals surface area contributed by atoms with E-state index in [4.69, 9.17) is 4.74 Å². The minimum atomic E-state index is 0.269. The summed E-state index contributed by atoms with van der Waals surface area (Å²) in [4.78, 5) is 4.55. The van der Waals surface area contributed by atoms with E-state index >= 15 is 0 Å². The van der Waals surface area contributed by atoms with E-state index in [0.29, 0.717) is 12.6 Å². The fourth-order valence-corrected chi connectivity index (χ4v) is 1.81. The summed E-state index contributed by atoms with van der Waals surface area (Å²) in [6, 6.07) is 5.53. The van der Waals surface area contributed by atoms with Crippen molar-refractivity contribution in [3.8, 4) is 5.75 Å². The number of aromatic hydroxyl groups is 1. The molecule has 3 N–H and O–H groups in total. The van der Waals surface area contributed by atoms with E-state index in [1.165, 1.54) is 0 Å². The van der Waals surface area contributed by atoms with Crippen molar-refractivity contribution in [2.45, 2.75) is 40.2 Å². The number of hydrogen-bond acceptors (Lipinski definition) is 3. The number of rotatable bonds is 7. The van der Waals surface area contributed by atoms with Gasteiger partial charge in [0.15, 0.2) is 5.96 Å². The maximum atomic E-state index is 9.45. The van der Waals surface area contributed by atoms with Crippen LogP contribution >= 0.6 is 0 Å². The number of phenols is 1. The van der Waals surface area contributed by atoms with Crippen LogP contribution in [0.1, 0.15) is 32.8 Å². The molecule has 0 bridgehead atoms. The lowest BCUT2D eigenvalue weighted by atomic mass is 10.2. The van der Waals surface area contributed by atoms with Gasteiger partial charge in [-0.2, -0.15) is 0 Å². The summed E-state index contributed by atoms with van der Waals surface area (Å²) < 4.78 is 5.31. The van der Waals surface area contributed by atoms with Gasteiger partial charge < -0.3 is 20.5 Å². The highest BCUT2D eigenvalue weighted by Crippen LogP contribution is 2.19. The SMILES string of the molecule is CCOCCCN=C(Nc1ccc(O)cc1C)NC(C)C. The van der Waals surface area contributed by atoms with Gasteiger partial charge in [0.2, 0.25) is 0 Å². The number of aryl methyl sites for hydroxylation is 1. The zero-order chi connectivity index (χ0) is 15.7. The van der Waals surface area contributed by atoms with E-state index < -0.39 is 0 Å². The summed E-state index contributed by atoms with van der Waals surface area (Å²) in [6.07, 6.45) is 0.896. The maximum absolute atomic E-state index is 9.45. The fourth-order valence-electron chi connectivity index (χ4n) is 1.81. The molecule has 0 fully saturated rings. The smallest absolute Gasteiger partial charge is 0.196 e. The second-order valence-electron chi connectivity index (χ2n) is 5.20.